The molecule has 0 spiro atoms. The molecule has 2 nitrogen and oxygen atoms in total. The van der Waals surface area contributed by atoms with E-state index in [1.807, 2.05) is 24.3 Å². The van der Waals surface area contributed by atoms with Crippen molar-refractivity contribution in [2.24, 2.45) is 0 Å². The first-order chi connectivity index (χ1) is 7.86. The van der Waals surface area contributed by atoms with Crippen molar-refractivity contribution >= 4 is 18.3 Å². The maximum absolute atomic E-state index is 5.62. The first kappa shape index (κ1) is 13.2. The number of rotatable bonds is 8. The molecule has 3 heteroatoms. The monoisotopic (exact) mass is 239 g/mol. The van der Waals surface area contributed by atoms with Crippen LogP contribution >= 0.6 is 12.6 Å². The average Bonchev–Trinajstić information content (AvgIpc) is 2.33. The van der Waals surface area contributed by atoms with E-state index in [4.69, 9.17) is 4.74 Å². The van der Waals surface area contributed by atoms with Gasteiger partial charge in [0, 0.05) is 18.0 Å². The van der Waals surface area contributed by atoms with E-state index in [9.17, 15) is 0 Å². The molecule has 0 amide bonds. The summed E-state index contributed by atoms with van der Waals surface area (Å²) in [5, 5.41) is 3.27. The summed E-state index contributed by atoms with van der Waals surface area (Å²) >= 11 is 4.15. The van der Waals surface area contributed by atoms with E-state index in [-0.39, 0.29) is 0 Å². The highest BCUT2D eigenvalue weighted by atomic mass is 32.1. The SMILES string of the molecule is CCCCCOc1ccc(NCCS)cc1. The minimum Gasteiger partial charge on any atom is -0.494 e. The Morgan fingerprint density at radius 2 is 1.94 bits per heavy atom. The molecule has 1 N–H and O–H groups in total. The van der Waals surface area contributed by atoms with Gasteiger partial charge in [-0.15, -0.1) is 0 Å². The Balaban J connectivity index is 2.27. The highest BCUT2D eigenvalue weighted by molar-refractivity contribution is 7.80. The summed E-state index contributed by atoms with van der Waals surface area (Å²) in [5.74, 6) is 1.79. The zero-order valence-electron chi connectivity index (χ0n) is 9.91. The molecular weight excluding hydrogens is 218 g/mol. The van der Waals surface area contributed by atoms with Gasteiger partial charge in [-0.1, -0.05) is 19.8 Å². The molecule has 90 valence electrons. The minimum atomic E-state index is 0.817. The molecule has 1 aromatic rings. The van der Waals surface area contributed by atoms with Crippen LogP contribution in [0, 0.1) is 0 Å². The fourth-order valence-corrected chi connectivity index (χ4v) is 1.52. The highest BCUT2D eigenvalue weighted by Crippen LogP contribution is 2.15. The molecule has 1 aromatic carbocycles. The van der Waals surface area contributed by atoms with E-state index >= 15 is 0 Å². The maximum atomic E-state index is 5.62. The van der Waals surface area contributed by atoms with Gasteiger partial charge in [-0.2, -0.15) is 12.6 Å². The number of nitrogens with one attached hydrogen (secondary N) is 1. The van der Waals surface area contributed by atoms with Gasteiger partial charge in [-0.25, -0.2) is 0 Å². The summed E-state index contributed by atoms with van der Waals surface area (Å²) in [6, 6.07) is 8.09. The van der Waals surface area contributed by atoms with E-state index in [2.05, 4.69) is 24.9 Å². The molecule has 0 aliphatic heterocycles. The molecule has 0 fully saturated rings. The highest BCUT2D eigenvalue weighted by Gasteiger charge is 1.94. The predicted molar refractivity (Wildman–Crippen MR) is 73.8 cm³/mol. The van der Waals surface area contributed by atoms with Crippen molar-refractivity contribution in [2.45, 2.75) is 26.2 Å². The van der Waals surface area contributed by atoms with E-state index in [1.165, 1.54) is 12.8 Å². The lowest BCUT2D eigenvalue weighted by Gasteiger charge is -2.07. The molecule has 0 bridgehead atoms. The van der Waals surface area contributed by atoms with Crippen molar-refractivity contribution in [3.05, 3.63) is 24.3 Å². The Labute approximate surface area is 104 Å². The fraction of sp³-hybridized carbons (Fsp3) is 0.538. The maximum Gasteiger partial charge on any atom is 0.119 e. The number of hydrogen-bond acceptors (Lipinski definition) is 3. The second-order valence-electron chi connectivity index (χ2n) is 3.73. The van der Waals surface area contributed by atoms with Gasteiger partial charge in [0.25, 0.3) is 0 Å². The van der Waals surface area contributed by atoms with Crippen LogP contribution in [-0.2, 0) is 0 Å². The van der Waals surface area contributed by atoms with E-state index in [0.29, 0.717) is 0 Å². The summed E-state index contributed by atoms with van der Waals surface area (Å²) in [4.78, 5) is 0. The van der Waals surface area contributed by atoms with Crippen LogP contribution in [0.3, 0.4) is 0 Å². The second-order valence-corrected chi connectivity index (χ2v) is 4.18. The van der Waals surface area contributed by atoms with Gasteiger partial charge in [-0.05, 0) is 30.7 Å². The summed E-state index contributed by atoms with van der Waals surface area (Å²) in [5.41, 5.74) is 1.12. The number of hydrogen-bond donors (Lipinski definition) is 2. The van der Waals surface area contributed by atoms with E-state index in [1.54, 1.807) is 0 Å². The van der Waals surface area contributed by atoms with Crippen LogP contribution in [0.4, 0.5) is 5.69 Å². The molecule has 0 aromatic heterocycles. The van der Waals surface area contributed by atoms with Crippen LogP contribution in [0.1, 0.15) is 26.2 Å². The topological polar surface area (TPSA) is 21.3 Å². The molecular formula is C13H21NOS. The lowest BCUT2D eigenvalue weighted by Crippen LogP contribution is -2.02. The van der Waals surface area contributed by atoms with Gasteiger partial charge < -0.3 is 10.1 Å². The number of anilines is 1. The fourth-order valence-electron chi connectivity index (χ4n) is 1.41. The Bertz CT molecular complexity index is 274. The van der Waals surface area contributed by atoms with Crippen molar-refractivity contribution < 1.29 is 4.74 Å². The zero-order chi connectivity index (χ0) is 11.6. The van der Waals surface area contributed by atoms with Gasteiger partial charge in [0.1, 0.15) is 5.75 Å². The molecule has 0 radical (unpaired) electrons. The summed E-state index contributed by atoms with van der Waals surface area (Å²) < 4.78 is 5.62. The molecule has 0 atom stereocenters. The third-order valence-corrected chi connectivity index (χ3v) is 2.54. The lowest BCUT2D eigenvalue weighted by atomic mass is 10.2. The molecule has 1 rings (SSSR count). The molecule has 0 aliphatic carbocycles. The lowest BCUT2D eigenvalue weighted by molar-refractivity contribution is 0.306. The largest absolute Gasteiger partial charge is 0.494 e. The molecule has 0 heterocycles. The smallest absolute Gasteiger partial charge is 0.119 e. The van der Waals surface area contributed by atoms with Gasteiger partial charge in [0.05, 0.1) is 6.61 Å². The van der Waals surface area contributed by atoms with Gasteiger partial charge in [0.15, 0.2) is 0 Å². The first-order valence-corrected chi connectivity index (χ1v) is 6.57. The first-order valence-electron chi connectivity index (χ1n) is 5.94. The van der Waals surface area contributed by atoms with Crippen LogP contribution in [0.2, 0.25) is 0 Å². The molecule has 16 heavy (non-hydrogen) atoms. The van der Waals surface area contributed by atoms with Crippen LogP contribution in [0.25, 0.3) is 0 Å². The molecule has 0 aliphatic rings. The molecule has 0 unspecified atom stereocenters. The normalized spacial score (nSPS) is 10.1. The Hall–Kier alpha value is -0.830. The van der Waals surface area contributed by atoms with Crippen LogP contribution in [0.15, 0.2) is 24.3 Å². The Kier molecular flexibility index (Phi) is 6.90. The minimum absolute atomic E-state index is 0.817. The van der Waals surface area contributed by atoms with E-state index in [0.717, 1.165) is 36.8 Å². The second kappa shape index (κ2) is 8.34. The Morgan fingerprint density at radius 3 is 2.56 bits per heavy atom. The van der Waals surface area contributed by atoms with Crippen LogP contribution < -0.4 is 10.1 Å². The van der Waals surface area contributed by atoms with Crippen molar-refractivity contribution in [1.29, 1.82) is 0 Å². The number of ether oxygens (including phenoxy) is 1. The van der Waals surface area contributed by atoms with Gasteiger partial charge in [0.2, 0.25) is 0 Å². The van der Waals surface area contributed by atoms with Gasteiger partial charge >= 0.3 is 0 Å². The summed E-state index contributed by atoms with van der Waals surface area (Å²) in [7, 11) is 0. The van der Waals surface area contributed by atoms with Crippen molar-refractivity contribution in [2.75, 3.05) is 24.2 Å². The third-order valence-electron chi connectivity index (χ3n) is 2.31. The number of unbranched alkanes of at least 4 members (excludes halogenated alkanes) is 2. The van der Waals surface area contributed by atoms with Crippen molar-refractivity contribution in [3.8, 4) is 5.75 Å². The van der Waals surface area contributed by atoms with Crippen LogP contribution in [0.5, 0.6) is 5.75 Å². The standard InChI is InChI=1S/C13H21NOS/c1-2-3-4-10-15-13-7-5-12(6-8-13)14-9-11-16/h5-8,14,16H,2-4,9-11H2,1H3. The van der Waals surface area contributed by atoms with E-state index < -0.39 is 0 Å². The van der Waals surface area contributed by atoms with Crippen LogP contribution in [-0.4, -0.2) is 18.9 Å². The molecule has 0 saturated carbocycles. The summed E-state index contributed by atoms with van der Waals surface area (Å²) in [6.45, 7) is 3.90. The average molecular weight is 239 g/mol. The summed E-state index contributed by atoms with van der Waals surface area (Å²) in [6.07, 6.45) is 3.60. The van der Waals surface area contributed by atoms with Crippen molar-refractivity contribution in [3.63, 3.8) is 0 Å². The van der Waals surface area contributed by atoms with Crippen molar-refractivity contribution in [1.82, 2.24) is 0 Å². The number of thiol groups is 1. The molecule has 0 saturated heterocycles. The Morgan fingerprint density at radius 1 is 1.19 bits per heavy atom. The zero-order valence-corrected chi connectivity index (χ0v) is 10.8. The quantitative estimate of drug-likeness (QED) is 0.534. The van der Waals surface area contributed by atoms with Gasteiger partial charge in [-0.3, -0.25) is 0 Å². The predicted octanol–water partition coefficient (Wildman–Crippen LogP) is 3.60. The third kappa shape index (κ3) is 5.31. The number of benzene rings is 1.